The normalized spacial score (nSPS) is 15.9. The van der Waals surface area contributed by atoms with E-state index in [9.17, 15) is 18.8 Å². The first kappa shape index (κ1) is 19.9. The molecule has 8 heteroatoms. The van der Waals surface area contributed by atoms with E-state index in [1.165, 1.54) is 29.7 Å². The Kier molecular flexibility index (Phi) is 5.39. The summed E-state index contributed by atoms with van der Waals surface area (Å²) in [6.45, 7) is 2.02. The summed E-state index contributed by atoms with van der Waals surface area (Å²) >= 11 is 0. The second kappa shape index (κ2) is 8.14. The highest BCUT2D eigenvalue weighted by Crippen LogP contribution is 2.28. The van der Waals surface area contributed by atoms with Crippen LogP contribution in [0.2, 0.25) is 0 Å². The first-order chi connectivity index (χ1) is 14.4. The predicted octanol–water partition coefficient (Wildman–Crippen LogP) is 3.20. The molecule has 1 aromatic heterocycles. The highest BCUT2D eigenvalue weighted by atomic mass is 19.1. The number of benzene rings is 2. The fourth-order valence-electron chi connectivity index (χ4n) is 3.92. The van der Waals surface area contributed by atoms with E-state index in [0.717, 1.165) is 0 Å². The molecule has 3 aromatic rings. The molecule has 0 N–H and O–H groups in total. The standard InChI is InChI=1S/C22H21FN2O5/c1-14(26)29-20(15-5-3-2-4-6-15)21(27)24-11-9-17(10-12-24)25-18-13-16(23)7-8-19(18)30-22(25)28/h2-8,13,17,20H,9-12H2,1H3. The smallest absolute Gasteiger partial charge is 0.420 e. The minimum atomic E-state index is -1.01. The van der Waals surface area contributed by atoms with Gasteiger partial charge in [0.25, 0.3) is 5.91 Å². The second-order valence-electron chi connectivity index (χ2n) is 7.31. The zero-order valence-corrected chi connectivity index (χ0v) is 16.4. The summed E-state index contributed by atoms with van der Waals surface area (Å²) in [4.78, 5) is 38.5. The van der Waals surface area contributed by atoms with Crippen LogP contribution >= 0.6 is 0 Å². The number of fused-ring (bicyclic) bond motifs is 1. The van der Waals surface area contributed by atoms with E-state index >= 15 is 0 Å². The number of ether oxygens (including phenoxy) is 1. The van der Waals surface area contributed by atoms with Crippen LogP contribution in [-0.2, 0) is 14.3 Å². The van der Waals surface area contributed by atoms with Crippen molar-refractivity contribution in [1.29, 1.82) is 0 Å². The average Bonchev–Trinajstić information content (AvgIpc) is 3.07. The SMILES string of the molecule is CC(=O)OC(C(=O)N1CCC(n2c(=O)oc3ccc(F)cc32)CC1)c1ccccc1. The number of carbonyl (C=O) groups is 2. The summed E-state index contributed by atoms with van der Waals surface area (Å²) in [5.41, 5.74) is 1.35. The number of amides is 1. The van der Waals surface area contributed by atoms with Crippen LogP contribution in [0.1, 0.15) is 37.5 Å². The van der Waals surface area contributed by atoms with Crippen molar-refractivity contribution in [3.63, 3.8) is 0 Å². The van der Waals surface area contributed by atoms with Gasteiger partial charge in [-0.2, -0.15) is 0 Å². The fraction of sp³-hybridized carbons (Fsp3) is 0.318. The van der Waals surface area contributed by atoms with Crippen LogP contribution in [0.15, 0.2) is 57.7 Å². The quantitative estimate of drug-likeness (QED) is 0.615. The maximum atomic E-state index is 13.7. The molecule has 0 radical (unpaired) electrons. The van der Waals surface area contributed by atoms with Gasteiger partial charge < -0.3 is 14.1 Å². The molecule has 1 unspecified atom stereocenters. The number of hydrogen-bond acceptors (Lipinski definition) is 5. The summed E-state index contributed by atoms with van der Waals surface area (Å²) in [6.07, 6.45) is -0.0108. The Hall–Kier alpha value is -3.42. The number of aromatic nitrogens is 1. The molecule has 1 amide bonds. The molecular weight excluding hydrogens is 391 g/mol. The van der Waals surface area contributed by atoms with Crippen LogP contribution in [0.5, 0.6) is 0 Å². The number of nitrogens with zero attached hydrogens (tertiary/aromatic N) is 2. The van der Waals surface area contributed by atoms with Crippen LogP contribution in [0.3, 0.4) is 0 Å². The molecule has 30 heavy (non-hydrogen) atoms. The van der Waals surface area contributed by atoms with Crippen LogP contribution in [0.4, 0.5) is 4.39 Å². The Labute approximate surface area is 171 Å². The van der Waals surface area contributed by atoms with Gasteiger partial charge >= 0.3 is 11.7 Å². The molecule has 4 rings (SSSR count). The zero-order valence-electron chi connectivity index (χ0n) is 16.4. The zero-order chi connectivity index (χ0) is 21.3. The lowest BCUT2D eigenvalue weighted by Gasteiger charge is -2.34. The molecule has 0 bridgehead atoms. The van der Waals surface area contributed by atoms with Gasteiger partial charge in [-0.1, -0.05) is 30.3 Å². The summed E-state index contributed by atoms with van der Waals surface area (Å²) in [7, 11) is 0. The fourth-order valence-corrected chi connectivity index (χ4v) is 3.92. The predicted molar refractivity (Wildman–Crippen MR) is 106 cm³/mol. The molecule has 1 aliphatic rings. The van der Waals surface area contributed by atoms with E-state index < -0.39 is 23.6 Å². The Bertz CT molecular complexity index is 1130. The van der Waals surface area contributed by atoms with E-state index in [-0.39, 0.29) is 11.9 Å². The van der Waals surface area contributed by atoms with Crippen molar-refractivity contribution >= 4 is 23.0 Å². The Morgan fingerprint density at radius 1 is 1.13 bits per heavy atom. The van der Waals surface area contributed by atoms with Crippen LogP contribution in [0, 0.1) is 5.82 Å². The minimum absolute atomic E-state index is 0.214. The number of halogens is 1. The first-order valence-electron chi connectivity index (χ1n) is 9.75. The van der Waals surface area contributed by atoms with Crippen LogP contribution < -0.4 is 5.76 Å². The second-order valence-corrected chi connectivity index (χ2v) is 7.31. The number of rotatable bonds is 4. The summed E-state index contributed by atoms with van der Waals surface area (Å²) in [5, 5.41) is 0. The number of carbonyl (C=O) groups excluding carboxylic acids is 2. The molecule has 1 fully saturated rings. The van der Waals surface area contributed by atoms with Crippen molar-refractivity contribution < 1.29 is 23.1 Å². The molecule has 7 nitrogen and oxygen atoms in total. The molecule has 1 atom stereocenters. The van der Waals surface area contributed by atoms with Crippen molar-refractivity contribution in [3.05, 3.63) is 70.5 Å². The van der Waals surface area contributed by atoms with E-state index in [2.05, 4.69) is 0 Å². The third kappa shape index (κ3) is 3.85. The molecule has 156 valence electrons. The monoisotopic (exact) mass is 412 g/mol. The third-order valence-electron chi connectivity index (χ3n) is 5.33. The highest BCUT2D eigenvalue weighted by molar-refractivity contribution is 5.84. The Morgan fingerprint density at radius 3 is 2.50 bits per heavy atom. The number of hydrogen-bond donors (Lipinski definition) is 0. The minimum Gasteiger partial charge on any atom is -0.447 e. The molecule has 1 aliphatic heterocycles. The first-order valence-corrected chi connectivity index (χ1v) is 9.75. The maximum absolute atomic E-state index is 13.7. The largest absolute Gasteiger partial charge is 0.447 e. The number of oxazole rings is 1. The van der Waals surface area contributed by atoms with Crippen molar-refractivity contribution in [3.8, 4) is 0 Å². The van der Waals surface area contributed by atoms with Gasteiger partial charge in [0.1, 0.15) is 5.82 Å². The number of likely N-dealkylation sites (tertiary alicyclic amines) is 1. The van der Waals surface area contributed by atoms with Gasteiger partial charge in [0, 0.05) is 37.7 Å². The average molecular weight is 412 g/mol. The van der Waals surface area contributed by atoms with Crippen molar-refractivity contribution in [2.75, 3.05) is 13.1 Å². The van der Waals surface area contributed by atoms with E-state index in [1.807, 2.05) is 6.07 Å². The van der Waals surface area contributed by atoms with Gasteiger partial charge in [0.05, 0.1) is 5.52 Å². The van der Waals surface area contributed by atoms with Gasteiger partial charge in [-0.3, -0.25) is 14.2 Å². The van der Waals surface area contributed by atoms with E-state index in [4.69, 9.17) is 9.15 Å². The van der Waals surface area contributed by atoms with Gasteiger partial charge in [-0.05, 0) is 25.0 Å². The Morgan fingerprint density at radius 2 is 1.83 bits per heavy atom. The lowest BCUT2D eigenvalue weighted by molar-refractivity contribution is -0.159. The van der Waals surface area contributed by atoms with Crippen molar-refractivity contribution in [2.24, 2.45) is 0 Å². The molecule has 0 spiro atoms. The van der Waals surface area contributed by atoms with Crippen LogP contribution in [-0.4, -0.2) is 34.4 Å². The molecule has 2 aromatic carbocycles. The van der Waals surface area contributed by atoms with Gasteiger partial charge in [0.15, 0.2) is 5.58 Å². The van der Waals surface area contributed by atoms with Gasteiger partial charge in [-0.25, -0.2) is 9.18 Å². The molecule has 1 saturated heterocycles. The lowest BCUT2D eigenvalue weighted by atomic mass is 10.0. The Balaban J connectivity index is 1.52. The van der Waals surface area contributed by atoms with Gasteiger partial charge in [0.2, 0.25) is 6.10 Å². The number of esters is 1. The van der Waals surface area contributed by atoms with Gasteiger partial charge in [-0.15, -0.1) is 0 Å². The summed E-state index contributed by atoms with van der Waals surface area (Å²) in [6, 6.07) is 12.6. The van der Waals surface area contributed by atoms with E-state index in [0.29, 0.717) is 42.6 Å². The highest BCUT2D eigenvalue weighted by Gasteiger charge is 2.32. The molecular formula is C22H21FN2O5. The van der Waals surface area contributed by atoms with Crippen molar-refractivity contribution in [1.82, 2.24) is 9.47 Å². The van der Waals surface area contributed by atoms with Crippen LogP contribution in [0.25, 0.3) is 11.1 Å². The number of piperidine rings is 1. The maximum Gasteiger partial charge on any atom is 0.420 e. The topological polar surface area (TPSA) is 81.8 Å². The third-order valence-corrected chi connectivity index (χ3v) is 5.33. The van der Waals surface area contributed by atoms with Crippen molar-refractivity contribution in [2.45, 2.75) is 31.9 Å². The molecule has 0 aliphatic carbocycles. The van der Waals surface area contributed by atoms with E-state index in [1.54, 1.807) is 29.2 Å². The lowest BCUT2D eigenvalue weighted by Crippen LogP contribution is -2.43. The molecule has 2 heterocycles. The molecule has 0 saturated carbocycles. The summed E-state index contributed by atoms with van der Waals surface area (Å²) in [5.74, 6) is -1.82. The summed E-state index contributed by atoms with van der Waals surface area (Å²) < 4.78 is 25.6.